The predicted molar refractivity (Wildman–Crippen MR) is 185 cm³/mol. The van der Waals surface area contributed by atoms with E-state index < -0.39 is 8.32 Å². The van der Waals surface area contributed by atoms with Gasteiger partial charge in [-0.15, -0.1) is 0 Å². The third-order valence-electron chi connectivity index (χ3n) is 11.4. The Hall–Kier alpha value is -1.95. The normalized spacial score (nSPS) is 27.0. The molecule has 0 aliphatic heterocycles. The predicted octanol–water partition coefficient (Wildman–Crippen LogP) is 10.1. The summed E-state index contributed by atoms with van der Waals surface area (Å²) in [6.45, 7) is 20.4. The molecular weight excluding hydrogens is 561 g/mol. The van der Waals surface area contributed by atoms with E-state index >= 15 is 0 Å². The molecule has 0 N–H and O–H groups in total. The molecule has 44 heavy (non-hydrogen) atoms. The minimum absolute atomic E-state index is 0.113. The monoisotopic (exact) mass is 620 g/mol. The van der Waals surface area contributed by atoms with Crippen LogP contribution < -0.4 is 4.74 Å². The second-order valence-electron chi connectivity index (χ2n) is 15.8. The first kappa shape index (κ1) is 34.9. The highest BCUT2D eigenvalue weighted by Crippen LogP contribution is 2.69. The van der Waals surface area contributed by atoms with Crippen LogP contribution in [0.2, 0.25) is 18.1 Å². The second kappa shape index (κ2) is 14.6. The van der Waals surface area contributed by atoms with Crippen molar-refractivity contribution in [3.8, 4) is 5.75 Å². The van der Waals surface area contributed by atoms with Crippen molar-refractivity contribution in [2.45, 2.75) is 111 Å². The number of fused-ring (bicyclic) bond motifs is 1. The Morgan fingerprint density at radius 2 is 1.89 bits per heavy atom. The summed E-state index contributed by atoms with van der Waals surface area (Å²) < 4.78 is 18.0. The van der Waals surface area contributed by atoms with E-state index in [1.165, 1.54) is 12.0 Å². The maximum absolute atomic E-state index is 14.1. The van der Waals surface area contributed by atoms with Gasteiger partial charge in [-0.3, -0.25) is 4.79 Å². The van der Waals surface area contributed by atoms with Gasteiger partial charge in [0.1, 0.15) is 11.5 Å². The van der Waals surface area contributed by atoms with Crippen molar-refractivity contribution in [2.24, 2.45) is 35.0 Å². The molecule has 2 fully saturated rings. The number of carbonyl (C=O) groups is 1. The maximum Gasteiger partial charge on any atom is 0.191 e. The lowest BCUT2D eigenvalue weighted by Crippen LogP contribution is -2.43. The third-order valence-corrected chi connectivity index (χ3v) is 15.9. The summed E-state index contributed by atoms with van der Waals surface area (Å²) in [4.78, 5) is 14.1. The van der Waals surface area contributed by atoms with Crippen molar-refractivity contribution in [3.63, 3.8) is 0 Å². The molecule has 0 saturated heterocycles. The number of benzene rings is 1. The van der Waals surface area contributed by atoms with Crippen molar-refractivity contribution in [2.75, 3.05) is 20.3 Å². The molecule has 0 aromatic heterocycles. The van der Waals surface area contributed by atoms with Crippen LogP contribution in [0.25, 0.3) is 0 Å². The van der Waals surface area contributed by atoms with Gasteiger partial charge in [0.25, 0.3) is 0 Å². The number of ketones is 1. The Balaban J connectivity index is 1.30. The SMILES string of the molecule is COc1ccc(COC/C(C)=C/CC[C@H](C)/C=C/C[C@H](CO[Si](C)(C)C(C)(C)C)[C@H]2CCC3=CCC[C@]4(C)[C@H](C2=O)[C@H]34)cc1. The lowest BCUT2D eigenvalue weighted by Gasteiger charge is -2.38. The van der Waals surface area contributed by atoms with Gasteiger partial charge >= 0.3 is 0 Å². The number of allylic oxidation sites excluding steroid dienone is 5. The molecule has 0 amide bonds. The standard InChI is InChI=1S/C39H60O4Si/c1-28(13-10-15-29(2)25-42-26-30-18-21-33(41-7)22-19-30)14-11-16-32(27-43-44(8,9)38(3,4)5)34-23-20-31-17-12-24-39(6)35(31)36(39)37(34)40/h11,14-15,17-19,21-22,28,32,34-36H,10,12-13,16,20,23-27H2,1-9H3/b14-11+,29-15+/t28-,32+,34+,35-,36-,39-/m0/s1. The molecule has 1 aromatic rings. The van der Waals surface area contributed by atoms with Gasteiger partial charge in [-0.2, -0.15) is 0 Å². The van der Waals surface area contributed by atoms with Crippen LogP contribution in [0.4, 0.5) is 0 Å². The summed E-state index contributed by atoms with van der Waals surface area (Å²) in [7, 11) is -0.217. The van der Waals surface area contributed by atoms with E-state index in [0.29, 0.717) is 37.4 Å². The molecule has 0 unspecified atom stereocenters. The number of Topliss-reactive ketones (excluding diaryl/α,β-unsaturated/α-hetero) is 1. The first-order valence-electron chi connectivity index (χ1n) is 17.2. The van der Waals surface area contributed by atoms with E-state index in [1.807, 2.05) is 24.3 Å². The molecule has 0 radical (unpaired) electrons. The summed E-state index contributed by atoms with van der Waals surface area (Å²) >= 11 is 0. The van der Waals surface area contributed by atoms with Crippen LogP contribution in [0.1, 0.15) is 92.1 Å². The topological polar surface area (TPSA) is 44.8 Å². The number of ether oxygens (including phenoxy) is 2. The van der Waals surface area contributed by atoms with Crippen LogP contribution in [0.5, 0.6) is 5.75 Å². The van der Waals surface area contributed by atoms with Crippen molar-refractivity contribution >= 4 is 14.1 Å². The molecule has 3 aliphatic rings. The van der Waals surface area contributed by atoms with Crippen molar-refractivity contribution in [3.05, 3.63) is 65.3 Å². The zero-order chi connectivity index (χ0) is 32.1. The van der Waals surface area contributed by atoms with Gasteiger partial charge in [-0.25, -0.2) is 0 Å². The van der Waals surface area contributed by atoms with E-state index in [1.54, 1.807) is 12.7 Å². The molecule has 2 saturated carbocycles. The lowest BCUT2D eigenvalue weighted by molar-refractivity contribution is -0.127. The Labute approximate surface area is 269 Å². The van der Waals surface area contributed by atoms with Crippen LogP contribution in [-0.4, -0.2) is 34.4 Å². The molecule has 5 heteroatoms. The minimum Gasteiger partial charge on any atom is -0.497 e. The van der Waals surface area contributed by atoms with Gasteiger partial charge in [0, 0.05) is 18.4 Å². The first-order valence-corrected chi connectivity index (χ1v) is 20.1. The number of hydrogen-bond donors (Lipinski definition) is 0. The average molecular weight is 621 g/mol. The van der Waals surface area contributed by atoms with Crippen molar-refractivity contribution in [1.29, 1.82) is 0 Å². The Bertz CT molecular complexity index is 1200. The molecule has 6 atom stereocenters. The van der Waals surface area contributed by atoms with Gasteiger partial charge in [0.05, 0.1) is 20.3 Å². The van der Waals surface area contributed by atoms with Gasteiger partial charge < -0.3 is 13.9 Å². The van der Waals surface area contributed by atoms with E-state index in [0.717, 1.165) is 49.8 Å². The molecule has 0 bridgehead atoms. The van der Waals surface area contributed by atoms with E-state index in [4.69, 9.17) is 13.9 Å². The molecule has 3 aliphatic carbocycles. The molecule has 4 nitrogen and oxygen atoms in total. The fraction of sp³-hybridized carbons (Fsp3) is 0.667. The second-order valence-corrected chi connectivity index (χ2v) is 20.6. The third kappa shape index (κ3) is 8.44. The smallest absolute Gasteiger partial charge is 0.191 e. The highest BCUT2D eigenvalue weighted by molar-refractivity contribution is 6.74. The van der Waals surface area contributed by atoms with Crippen LogP contribution in [-0.2, 0) is 20.6 Å². The van der Waals surface area contributed by atoms with Gasteiger partial charge in [0.2, 0.25) is 0 Å². The Morgan fingerprint density at radius 3 is 2.57 bits per heavy atom. The fourth-order valence-corrected chi connectivity index (χ4v) is 8.35. The summed E-state index contributed by atoms with van der Waals surface area (Å²) in [5.41, 5.74) is 4.24. The fourth-order valence-electron chi connectivity index (χ4n) is 7.28. The largest absolute Gasteiger partial charge is 0.497 e. The Kier molecular flexibility index (Phi) is 11.6. The number of rotatable bonds is 15. The van der Waals surface area contributed by atoms with Gasteiger partial charge in [-0.1, -0.05) is 82.2 Å². The molecule has 0 heterocycles. The minimum atomic E-state index is -1.90. The highest BCUT2D eigenvalue weighted by Gasteiger charge is 2.67. The van der Waals surface area contributed by atoms with Crippen LogP contribution in [0.15, 0.2) is 59.7 Å². The number of carbonyl (C=O) groups excluding carboxylic acids is 1. The van der Waals surface area contributed by atoms with Crippen LogP contribution >= 0.6 is 0 Å². The van der Waals surface area contributed by atoms with Crippen LogP contribution in [0, 0.1) is 35.0 Å². The summed E-state index contributed by atoms with van der Waals surface area (Å²) in [5.74, 6) is 3.04. The zero-order valence-electron chi connectivity index (χ0n) is 29.2. The first-order chi connectivity index (χ1) is 20.8. The molecular formula is C39H60O4Si. The summed E-state index contributed by atoms with van der Waals surface area (Å²) in [6.07, 6.45) is 17.0. The molecule has 1 aromatic carbocycles. The lowest BCUT2D eigenvalue weighted by atomic mass is 9.78. The summed E-state index contributed by atoms with van der Waals surface area (Å²) in [5, 5.41) is 0.165. The molecule has 244 valence electrons. The average Bonchev–Trinajstić information content (AvgIpc) is 3.64. The maximum atomic E-state index is 14.1. The van der Waals surface area contributed by atoms with Crippen LogP contribution in [0.3, 0.4) is 0 Å². The zero-order valence-corrected chi connectivity index (χ0v) is 30.2. The number of hydrogen-bond acceptors (Lipinski definition) is 4. The molecule has 4 rings (SSSR count). The van der Waals surface area contributed by atoms with E-state index in [2.05, 4.69) is 78.9 Å². The van der Waals surface area contributed by atoms with Gasteiger partial charge in [0.15, 0.2) is 8.32 Å². The van der Waals surface area contributed by atoms with E-state index in [9.17, 15) is 4.79 Å². The van der Waals surface area contributed by atoms with Crippen molar-refractivity contribution < 1.29 is 18.7 Å². The quantitative estimate of drug-likeness (QED) is 0.145. The summed E-state index contributed by atoms with van der Waals surface area (Å²) in [6, 6.07) is 8.04. The Morgan fingerprint density at radius 1 is 1.16 bits per heavy atom. The van der Waals surface area contributed by atoms with Crippen molar-refractivity contribution in [1.82, 2.24) is 0 Å². The number of methoxy groups -OCH3 is 1. The molecule has 0 spiro atoms. The van der Waals surface area contributed by atoms with E-state index in [-0.39, 0.29) is 28.2 Å². The highest BCUT2D eigenvalue weighted by atomic mass is 28.4. The van der Waals surface area contributed by atoms with Gasteiger partial charge in [-0.05, 0) is 111 Å².